The van der Waals surface area contributed by atoms with Gasteiger partial charge in [0, 0.05) is 17.5 Å². The first kappa shape index (κ1) is 20.1. The van der Waals surface area contributed by atoms with E-state index in [9.17, 15) is 29.3 Å². The van der Waals surface area contributed by atoms with Crippen LogP contribution in [0.4, 0.5) is 17.1 Å². The third kappa shape index (κ3) is 3.99. The van der Waals surface area contributed by atoms with E-state index < -0.39 is 34.9 Å². The van der Waals surface area contributed by atoms with Crippen LogP contribution in [0.25, 0.3) is 0 Å². The average Bonchev–Trinajstić information content (AvgIpc) is 2.88. The van der Waals surface area contributed by atoms with Gasteiger partial charge in [0.2, 0.25) is 11.8 Å². The number of nitrogens with zero attached hydrogens (tertiary/aromatic N) is 2. The number of hydrogen-bond donors (Lipinski definition) is 2. The minimum absolute atomic E-state index is 0.126. The summed E-state index contributed by atoms with van der Waals surface area (Å²) in [6.07, 6.45) is 0. The molecule has 10 nitrogen and oxygen atoms in total. The molecule has 29 heavy (non-hydrogen) atoms. The molecule has 0 unspecified atom stereocenters. The number of nitro benzene ring substituents is 1. The van der Waals surface area contributed by atoms with Crippen molar-refractivity contribution in [3.63, 3.8) is 0 Å². The lowest BCUT2D eigenvalue weighted by Crippen LogP contribution is -2.37. The van der Waals surface area contributed by atoms with Crippen molar-refractivity contribution in [3.8, 4) is 0 Å². The predicted molar refractivity (Wildman–Crippen MR) is 106 cm³/mol. The van der Waals surface area contributed by atoms with E-state index in [2.05, 4.69) is 26.6 Å². The molecule has 148 valence electrons. The zero-order valence-corrected chi connectivity index (χ0v) is 16.5. The van der Waals surface area contributed by atoms with Gasteiger partial charge in [0.15, 0.2) is 0 Å². The minimum atomic E-state index is -0.913. The lowest BCUT2D eigenvalue weighted by Gasteiger charge is -2.15. The fourth-order valence-corrected chi connectivity index (χ4v) is 3.22. The lowest BCUT2D eigenvalue weighted by molar-refractivity contribution is -0.385. The molecule has 2 aromatic carbocycles. The van der Waals surface area contributed by atoms with Gasteiger partial charge in [-0.1, -0.05) is 22.0 Å². The average molecular weight is 461 g/mol. The van der Waals surface area contributed by atoms with Crippen molar-refractivity contribution in [3.05, 3.63) is 62.1 Å². The summed E-state index contributed by atoms with van der Waals surface area (Å²) in [6.45, 7) is 0.662. The van der Waals surface area contributed by atoms with Crippen LogP contribution in [0.5, 0.6) is 0 Å². The fourth-order valence-electron chi connectivity index (χ4n) is 2.86. The highest BCUT2D eigenvalue weighted by Crippen LogP contribution is 2.31. The number of anilines is 2. The van der Waals surface area contributed by atoms with Crippen LogP contribution in [0.1, 0.15) is 27.6 Å². The minimum Gasteiger partial charge on any atom is -0.325 e. The van der Waals surface area contributed by atoms with Gasteiger partial charge in [-0.15, -0.1) is 0 Å². The molecule has 0 radical (unpaired) electrons. The van der Waals surface area contributed by atoms with Crippen LogP contribution in [0.2, 0.25) is 0 Å². The number of hydrogen-bond acceptors (Lipinski definition) is 6. The largest absolute Gasteiger partial charge is 0.325 e. The van der Waals surface area contributed by atoms with Crippen molar-refractivity contribution in [1.82, 2.24) is 4.90 Å². The van der Waals surface area contributed by atoms with Gasteiger partial charge in [0.05, 0.1) is 21.9 Å². The zero-order chi connectivity index (χ0) is 21.3. The highest BCUT2D eigenvalue weighted by atomic mass is 79.9. The first-order valence-corrected chi connectivity index (χ1v) is 8.99. The normalized spacial score (nSPS) is 12.6. The highest BCUT2D eigenvalue weighted by Gasteiger charge is 2.41. The second-order valence-electron chi connectivity index (χ2n) is 6.07. The van der Waals surface area contributed by atoms with E-state index in [0.717, 1.165) is 6.07 Å². The Morgan fingerprint density at radius 2 is 1.83 bits per heavy atom. The molecule has 11 heteroatoms. The molecule has 1 heterocycles. The molecule has 0 saturated carbocycles. The summed E-state index contributed by atoms with van der Waals surface area (Å²) in [4.78, 5) is 59.8. The van der Waals surface area contributed by atoms with E-state index in [1.54, 1.807) is 12.1 Å². The number of carbonyl (C=O) groups is 4. The van der Waals surface area contributed by atoms with Gasteiger partial charge in [0.1, 0.15) is 12.1 Å². The third-order valence-electron chi connectivity index (χ3n) is 4.04. The smallest absolute Gasteiger partial charge is 0.282 e. The second kappa shape index (κ2) is 7.80. The van der Waals surface area contributed by atoms with Gasteiger partial charge in [-0.2, -0.15) is 0 Å². The van der Waals surface area contributed by atoms with Crippen molar-refractivity contribution in [2.24, 2.45) is 0 Å². The summed E-state index contributed by atoms with van der Waals surface area (Å²) in [5.41, 5.74) is -0.381. The molecular weight excluding hydrogens is 448 g/mol. The number of benzene rings is 2. The molecule has 1 aliphatic rings. The number of nitrogens with one attached hydrogen (secondary N) is 2. The number of rotatable bonds is 5. The quantitative estimate of drug-likeness (QED) is 0.399. The number of imide groups is 1. The lowest BCUT2D eigenvalue weighted by atomic mass is 10.1. The van der Waals surface area contributed by atoms with Gasteiger partial charge in [-0.25, -0.2) is 0 Å². The maximum atomic E-state index is 12.5. The molecule has 2 aromatic rings. The Balaban J connectivity index is 1.82. The van der Waals surface area contributed by atoms with E-state index >= 15 is 0 Å². The van der Waals surface area contributed by atoms with Crippen LogP contribution in [0.15, 0.2) is 40.9 Å². The number of halogens is 1. The topological polar surface area (TPSA) is 139 Å². The molecule has 0 saturated heterocycles. The molecule has 1 aliphatic heterocycles. The Morgan fingerprint density at radius 1 is 1.10 bits per heavy atom. The van der Waals surface area contributed by atoms with Gasteiger partial charge < -0.3 is 10.6 Å². The second-order valence-corrected chi connectivity index (χ2v) is 6.99. The van der Waals surface area contributed by atoms with Crippen LogP contribution < -0.4 is 10.6 Å². The molecule has 3 rings (SSSR count). The summed E-state index contributed by atoms with van der Waals surface area (Å²) in [7, 11) is 0. The molecule has 4 amide bonds. The number of fused-ring (bicyclic) bond motifs is 1. The Bertz CT molecular complexity index is 1080. The first-order chi connectivity index (χ1) is 13.7. The van der Waals surface area contributed by atoms with E-state index in [1.165, 1.54) is 25.1 Å². The van der Waals surface area contributed by atoms with E-state index in [0.29, 0.717) is 15.1 Å². The van der Waals surface area contributed by atoms with Gasteiger partial charge in [-0.05, 0) is 24.3 Å². The first-order valence-electron chi connectivity index (χ1n) is 8.19. The SMILES string of the molecule is CC(=O)Nc1ccc(Br)cc1NC(=O)CN1C(=O)c2cccc([N+](=O)[O-])c2C1=O. The number of carbonyl (C=O) groups excluding carboxylic acids is 4. The van der Waals surface area contributed by atoms with E-state index in [1.807, 2.05) is 0 Å². The van der Waals surface area contributed by atoms with Crippen LogP contribution in [0.3, 0.4) is 0 Å². The summed E-state index contributed by atoms with van der Waals surface area (Å²) < 4.78 is 0.623. The summed E-state index contributed by atoms with van der Waals surface area (Å²) in [5.74, 6) is -2.77. The molecule has 0 atom stereocenters. The maximum Gasteiger partial charge on any atom is 0.282 e. The molecule has 0 fully saturated rings. The Labute approximate surface area is 172 Å². The summed E-state index contributed by atoms with van der Waals surface area (Å²) in [5, 5.41) is 16.2. The monoisotopic (exact) mass is 460 g/mol. The van der Waals surface area contributed by atoms with Crippen molar-refractivity contribution < 1.29 is 24.1 Å². The van der Waals surface area contributed by atoms with Crippen molar-refractivity contribution >= 4 is 56.6 Å². The van der Waals surface area contributed by atoms with Gasteiger partial charge in [0.25, 0.3) is 17.5 Å². The van der Waals surface area contributed by atoms with Gasteiger partial charge >= 0.3 is 0 Å². The molecule has 0 spiro atoms. The van der Waals surface area contributed by atoms with E-state index in [-0.39, 0.29) is 22.7 Å². The summed E-state index contributed by atoms with van der Waals surface area (Å²) >= 11 is 3.25. The third-order valence-corrected chi connectivity index (χ3v) is 4.54. The zero-order valence-electron chi connectivity index (χ0n) is 14.9. The summed E-state index contributed by atoms with van der Waals surface area (Å²) in [6, 6.07) is 8.47. The van der Waals surface area contributed by atoms with Crippen molar-refractivity contribution in [1.29, 1.82) is 0 Å². The number of nitro groups is 1. The van der Waals surface area contributed by atoms with Crippen molar-refractivity contribution in [2.75, 3.05) is 17.2 Å². The highest BCUT2D eigenvalue weighted by molar-refractivity contribution is 9.10. The van der Waals surface area contributed by atoms with Crippen LogP contribution >= 0.6 is 15.9 Å². The Kier molecular flexibility index (Phi) is 5.41. The van der Waals surface area contributed by atoms with Crippen molar-refractivity contribution in [2.45, 2.75) is 6.92 Å². The molecule has 0 bridgehead atoms. The van der Waals surface area contributed by atoms with Crippen LogP contribution in [-0.4, -0.2) is 40.0 Å². The predicted octanol–water partition coefficient (Wildman–Crippen LogP) is 2.55. The van der Waals surface area contributed by atoms with Gasteiger partial charge in [-0.3, -0.25) is 34.2 Å². The number of amides is 4. The molecular formula is C18H13BrN4O6. The van der Waals surface area contributed by atoms with Crippen LogP contribution in [-0.2, 0) is 9.59 Å². The van der Waals surface area contributed by atoms with Crippen LogP contribution in [0, 0.1) is 10.1 Å². The van der Waals surface area contributed by atoms with E-state index in [4.69, 9.17) is 0 Å². The molecule has 0 aromatic heterocycles. The Hall–Kier alpha value is -3.60. The standard InChI is InChI=1S/C18H13BrN4O6/c1-9(24)20-12-6-5-10(19)7-13(12)21-15(25)8-22-17(26)11-3-2-4-14(23(28)29)16(11)18(22)27/h2-7H,8H2,1H3,(H,20,24)(H,21,25). The Morgan fingerprint density at radius 3 is 2.48 bits per heavy atom. The fraction of sp³-hybridized carbons (Fsp3) is 0.111. The molecule has 2 N–H and O–H groups in total. The molecule has 0 aliphatic carbocycles. The maximum absolute atomic E-state index is 12.5.